The fraction of sp³-hybridized carbons (Fsp3) is 1.00. The fourth-order valence-corrected chi connectivity index (χ4v) is 2.45. The van der Waals surface area contributed by atoms with Gasteiger partial charge in [0.15, 0.2) is 0 Å². The molecule has 0 aliphatic heterocycles. The first kappa shape index (κ1) is 14.8. The number of ether oxygens (including phenoxy) is 2. The Morgan fingerprint density at radius 3 is 1.20 bits per heavy atom. The van der Waals surface area contributed by atoms with Crippen LogP contribution in [0, 0.1) is 5.41 Å². The summed E-state index contributed by atoms with van der Waals surface area (Å²) in [6, 6.07) is 0. The highest BCUT2D eigenvalue weighted by Gasteiger charge is 2.50. The van der Waals surface area contributed by atoms with Gasteiger partial charge in [-0.3, -0.25) is 0 Å². The Labute approximate surface area is 92.2 Å². The highest BCUT2D eigenvalue weighted by molar-refractivity contribution is 4.98. The van der Waals surface area contributed by atoms with E-state index < -0.39 is 17.6 Å². The second-order valence-corrected chi connectivity index (χ2v) is 4.11. The van der Waals surface area contributed by atoms with Crippen LogP contribution in [0.3, 0.4) is 0 Å². The summed E-state index contributed by atoms with van der Waals surface area (Å²) in [6.45, 7) is 6.96. The molecule has 0 aromatic heterocycles. The van der Waals surface area contributed by atoms with Gasteiger partial charge in [-0.2, -0.15) is 0 Å². The average Bonchev–Trinajstić information content (AvgIpc) is 2.16. The number of rotatable bonds is 6. The van der Waals surface area contributed by atoms with E-state index >= 15 is 0 Å². The molecule has 2 N–H and O–H groups in total. The Balaban J connectivity index is 5.26. The van der Waals surface area contributed by atoms with E-state index in [0.29, 0.717) is 0 Å². The quantitative estimate of drug-likeness (QED) is 0.695. The van der Waals surface area contributed by atoms with Crippen molar-refractivity contribution in [3.8, 4) is 0 Å². The minimum absolute atomic E-state index is 0.299. The largest absolute Gasteiger partial charge is 0.393 e. The smallest absolute Gasteiger partial charge is 0.0733 e. The predicted molar refractivity (Wildman–Crippen MR) is 58.7 cm³/mol. The standard InChI is InChI=1S/C11H24O4/c1-7(12)11(8(2)13,9(3)14-5)10(4)15-6/h7-10,12-13H,1-6H3. The summed E-state index contributed by atoms with van der Waals surface area (Å²) in [6.07, 6.45) is -2.04. The van der Waals surface area contributed by atoms with Crippen molar-refractivity contribution in [2.24, 2.45) is 5.41 Å². The molecular weight excluding hydrogens is 196 g/mol. The summed E-state index contributed by atoms with van der Waals surface area (Å²) in [5.74, 6) is 0. The molecule has 0 heterocycles. The Morgan fingerprint density at radius 1 is 0.800 bits per heavy atom. The van der Waals surface area contributed by atoms with Crippen molar-refractivity contribution in [2.45, 2.75) is 52.1 Å². The van der Waals surface area contributed by atoms with Gasteiger partial charge in [-0.1, -0.05) is 0 Å². The molecule has 15 heavy (non-hydrogen) atoms. The number of aliphatic hydroxyl groups is 2. The van der Waals surface area contributed by atoms with Crippen molar-refractivity contribution in [1.29, 1.82) is 0 Å². The minimum Gasteiger partial charge on any atom is -0.393 e. The third-order valence-corrected chi connectivity index (χ3v) is 3.56. The maximum Gasteiger partial charge on any atom is 0.0733 e. The first-order valence-electron chi connectivity index (χ1n) is 5.27. The van der Waals surface area contributed by atoms with E-state index in [9.17, 15) is 10.2 Å². The molecule has 0 saturated carbocycles. The van der Waals surface area contributed by atoms with Gasteiger partial charge in [0.1, 0.15) is 0 Å². The number of aliphatic hydroxyl groups excluding tert-OH is 2. The summed E-state index contributed by atoms with van der Waals surface area (Å²) in [5.41, 5.74) is -0.816. The van der Waals surface area contributed by atoms with Gasteiger partial charge in [-0.25, -0.2) is 0 Å². The lowest BCUT2D eigenvalue weighted by Crippen LogP contribution is -2.58. The first-order valence-corrected chi connectivity index (χ1v) is 5.27. The summed E-state index contributed by atoms with van der Waals surface area (Å²) < 4.78 is 10.5. The van der Waals surface area contributed by atoms with Gasteiger partial charge in [-0.15, -0.1) is 0 Å². The Kier molecular flexibility index (Phi) is 5.73. The summed E-state index contributed by atoms with van der Waals surface area (Å²) in [4.78, 5) is 0. The maximum absolute atomic E-state index is 9.92. The predicted octanol–water partition coefficient (Wildman–Crippen LogP) is 0.804. The summed E-state index contributed by atoms with van der Waals surface area (Å²) >= 11 is 0. The Bertz CT molecular complexity index is 159. The van der Waals surface area contributed by atoms with Crippen LogP contribution in [0.4, 0.5) is 0 Å². The molecule has 0 amide bonds. The van der Waals surface area contributed by atoms with Gasteiger partial charge in [0, 0.05) is 14.2 Å². The van der Waals surface area contributed by atoms with Gasteiger partial charge in [0.05, 0.1) is 29.8 Å². The first-order chi connectivity index (χ1) is 6.85. The van der Waals surface area contributed by atoms with E-state index in [4.69, 9.17) is 9.47 Å². The molecule has 0 fully saturated rings. The lowest BCUT2D eigenvalue weighted by molar-refractivity contribution is -0.190. The summed E-state index contributed by atoms with van der Waals surface area (Å²) in [5, 5.41) is 19.8. The average molecular weight is 220 g/mol. The third-order valence-electron chi connectivity index (χ3n) is 3.56. The zero-order valence-electron chi connectivity index (χ0n) is 10.5. The second-order valence-electron chi connectivity index (χ2n) is 4.11. The van der Waals surface area contributed by atoms with Gasteiger partial charge in [0.25, 0.3) is 0 Å². The van der Waals surface area contributed by atoms with Gasteiger partial charge in [0.2, 0.25) is 0 Å². The van der Waals surface area contributed by atoms with Crippen LogP contribution in [0.1, 0.15) is 27.7 Å². The van der Waals surface area contributed by atoms with Gasteiger partial charge < -0.3 is 19.7 Å². The molecule has 0 rings (SSSR count). The van der Waals surface area contributed by atoms with Gasteiger partial charge >= 0.3 is 0 Å². The van der Waals surface area contributed by atoms with Crippen LogP contribution >= 0.6 is 0 Å². The van der Waals surface area contributed by atoms with Crippen molar-refractivity contribution in [1.82, 2.24) is 0 Å². The molecule has 0 aromatic carbocycles. The summed E-state index contributed by atoms with van der Waals surface area (Å²) in [7, 11) is 3.12. The zero-order valence-corrected chi connectivity index (χ0v) is 10.5. The normalized spacial score (nSPS) is 24.0. The van der Waals surface area contributed by atoms with Crippen LogP contribution in [-0.2, 0) is 9.47 Å². The van der Waals surface area contributed by atoms with E-state index in [2.05, 4.69) is 0 Å². The van der Waals surface area contributed by atoms with Crippen LogP contribution in [0.5, 0.6) is 0 Å². The fourth-order valence-electron chi connectivity index (χ4n) is 2.45. The third kappa shape index (κ3) is 2.50. The van der Waals surface area contributed by atoms with E-state index in [1.54, 1.807) is 28.1 Å². The molecule has 92 valence electrons. The molecule has 4 heteroatoms. The zero-order chi connectivity index (χ0) is 12.2. The van der Waals surface area contributed by atoms with Crippen molar-refractivity contribution in [3.05, 3.63) is 0 Å². The highest BCUT2D eigenvalue weighted by Crippen LogP contribution is 2.38. The van der Waals surface area contributed by atoms with Crippen molar-refractivity contribution in [3.63, 3.8) is 0 Å². The van der Waals surface area contributed by atoms with Crippen molar-refractivity contribution in [2.75, 3.05) is 14.2 Å². The van der Waals surface area contributed by atoms with Crippen LogP contribution in [0.25, 0.3) is 0 Å². The lowest BCUT2D eigenvalue weighted by atomic mass is 9.69. The van der Waals surface area contributed by atoms with Crippen molar-refractivity contribution < 1.29 is 19.7 Å². The maximum atomic E-state index is 9.92. The second kappa shape index (κ2) is 5.80. The Hall–Kier alpha value is -0.160. The molecule has 0 aliphatic rings. The number of methoxy groups -OCH3 is 2. The van der Waals surface area contributed by atoms with Gasteiger partial charge in [-0.05, 0) is 27.7 Å². The van der Waals surface area contributed by atoms with Crippen LogP contribution in [0.2, 0.25) is 0 Å². The molecule has 0 bridgehead atoms. The minimum atomic E-state index is -0.816. The van der Waals surface area contributed by atoms with E-state index in [0.717, 1.165) is 0 Å². The number of hydrogen-bond donors (Lipinski definition) is 2. The molecular formula is C11H24O4. The molecule has 4 atom stereocenters. The SMILES string of the molecule is COC(C)C(C(C)O)(C(C)O)C(C)OC. The van der Waals surface area contributed by atoms with Crippen LogP contribution < -0.4 is 0 Å². The van der Waals surface area contributed by atoms with Crippen LogP contribution in [0.15, 0.2) is 0 Å². The molecule has 0 aromatic rings. The van der Waals surface area contributed by atoms with E-state index in [1.165, 1.54) is 0 Å². The van der Waals surface area contributed by atoms with Crippen molar-refractivity contribution >= 4 is 0 Å². The molecule has 4 nitrogen and oxygen atoms in total. The molecule has 0 radical (unpaired) electrons. The lowest BCUT2D eigenvalue weighted by Gasteiger charge is -2.46. The van der Waals surface area contributed by atoms with E-state index in [-0.39, 0.29) is 12.2 Å². The highest BCUT2D eigenvalue weighted by atomic mass is 16.5. The molecule has 0 saturated heterocycles. The van der Waals surface area contributed by atoms with Crippen LogP contribution in [-0.4, -0.2) is 48.8 Å². The molecule has 0 aliphatic carbocycles. The Morgan fingerprint density at radius 2 is 1.07 bits per heavy atom. The monoisotopic (exact) mass is 220 g/mol. The molecule has 4 unspecified atom stereocenters. The molecule has 0 spiro atoms. The topological polar surface area (TPSA) is 58.9 Å². The van der Waals surface area contributed by atoms with E-state index in [1.807, 2.05) is 13.8 Å². The number of hydrogen-bond acceptors (Lipinski definition) is 4.